The molecule has 0 aliphatic carbocycles. The largest absolute Gasteiger partial charge is 0.496 e. The quantitative estimate of drug-likeness (QED) is 0.524. The van der Waals surface area contributed by atoms with Crippen LogP contribution in [0, 0.1) is 4.77 Å². The Morgan fingerprint density at radius 2 is 1.62 bits per heavy atom. The highest BCUT2D eigenvalue weighted by molar-refractivity contribution is 7.71. The first-order chi connectivity index (χ1) is 12.7. The standard InChI is InChI=1S/C19H19N3O3S/c1-23-16-10-18(25-3)17(24-2)9-14(16)11-20-22-12-15(21-19(22)26)13-7-5-4-6-8-13/h4-12H,1-3H3,(H,21,26)/b20-11+. The molecule has 26 heavy (non-hydrogen) atoms. The number of hydrogen-bond donors (Lipinski definition) is 1. The summed E-state index contributed by atoms with van der Waals surface area (Å²) < 4.78 is 18.1. The molecule has 0 saturated heterocycles. The van der Waals surface area contributed by atoms with Crippen molar-refractivity contribution in [2.24, 2.45) is 5.10 Å². The Balaban J connectivity index is 1.96. The van der Waals surface area contributed by atoms with Gasteiger partial charge in [-0.25, -0.2) is 4.68 Å². The van der Waals surface area contributed by atoms with Crippen LogP contribution in [-0.2, 0) is 0 Å². The summed E-state index contributed by atoms with van der Waals surface area (Å²) in [5.41, 5.74) is 2.68. The molecule has 0 saturated carbocycles. The van der Waals surface area contributed by atoms with E-state index in [0.717, 1.165) is 16.8 Å². The van der Waals surface area contributed by atoms with Crippen molar-refractivity contribution in [1.82, 2.24) is 9.66 Å². The minimum Gasteiger partial charge on any atom is -0.496 e. The summed E-state index contributed by atoms with van der Waals surface area (Å²) in [6.45, 7) is 0. The molecule has 0 atom stereocenters. The van der Waals surface area contributed by atoms with E-state index in [4.69, 9.17) is 26.4 Å². The zero-order valence-electron chi connectivity index (χ0n) is 14.7. The predicted molar refractivity (Wildman–Crippen MR) is 104 cm³/mol. The zero-order chi connectivity index (χ0) is 18.5. The first-order valence-corrected chi connectivity index (χ1v) is 8.28. The van der Waals surface area contributed by atoms with Crippen LogP contribution in [0.25, 0.3) is 11.3 Å². The van der Waals surface area contributed by atoms with Gasteiger partial charge >= 0.3 is 0 Å². The Morgan fingerprint density at radius 1 is 0.962 bits per heavy atom. The first kappa shape index (κ1) is 17.8. The molecular formula is C19H19N3O3S. The van der Waals surface area contributed by atoms with Crippen LogP contribution in [0.1, 0.15) is 5.56 Å². The third-order valence-electron chi connectivity index (χ3n) is 3.84. The number of imidazole rings is 1. The van der Waals surface area contributed by atoms with Gasteiger partial charge in [-0.15, -0.1) is 0 Å². The fraction of sp³-hybridized carbons (Fsp3) is 0.158. The maximum atomic E-state index is 5.41. The van der Waals surface area contributed by atoms with Gasteiger partial charge in [-0.05, 0) is 23.8 Å². The van der Waals surface area contributed by atoms with Gasteiger partial charge in [0, 0.05) is 11.6 Å². The second-order valence-corrected chi connectivity index (χ2v) is 5.76. The Kier molecular flexibility index (Phi) is 5.38. The monoisotopic (exact) mass is 369 g/mol. The molecule has 6 nitrogen and oxygen atoms in total. The van der Waals surface area contributed by atoms with E-state index < -0.39 is 0 Å². The van der Waals surface area contributed by atoms with Crippen LogP contribution in [-0.4, -0.2) is 37.2 Å². The Bertz CT molecular complexity index is 977. The molecule has 1 aromatic heterocycles. The van der Waals surface area contributed by atoms with Gasteiger partial charge in [-0.3, -0.25) is 0 Å². The lowest BCUT2D eigenvalue weighted by atomic mass is 10.2. The SMILES string of the molecule is COc1cc(OC)c(OC)cc1/C=N/n1cc(-c2ccccc2)[nH]c1=S. The van der Waals surface area contributed by atoms with Crippen LogP contribution in [0.4, 0.5) is 0 Å². The van der Waals surface area contributed by atoms with Crippen molar-refractivity contribution >= 4 is 18.4 Å². The van der Waals surface area contributed by atoms with Crippen molar-refractivity contribution in [1.29, 1.82) is 0 Å². The number of rotatable bonds is 6. The van der Waals surface area contributed by atoms with E-state index >= 15 is 0 Å². The molecular weight excluding hydrogens is 350 g/mol. The molecule has 7 heteroatoms. The second-order valence-electron chi connectivity index (χ2n) is 5.38. The summed E-state index contributed by atoms with van der Waals surface area (Å²) in [5.74, 6) is 1.81. The Morgan fingerprint density at radius 3 is 2.27 bits per heavy atom. The molecule has 1 N–H and O–H groups in total. The van der Waals surface area contributed by atoms with E-state index in [1.807, 2.05) is 36.5 Å². The molecule has 0 bridgehead atoms. The zero-order valence-corrected chi connectivity index (χ0v) is 15.5. The summed E-state index contributed by atoms with van der Waals surface area (Å²) in [4.78, 5) is 3.15. The second kappa shape index (κ2) is 7.88. The minimum absolute atomic E-state index is 0.500. The van der Waals surface area contributed by atoms with Crippen LogP contribution >= 0.6 is 12.2 Å². The third-order valence-corrected chi connectivity index (χ3v) is 4.13. The molecule has 0 radical (unpaired) electrons. The van der Waals surface area contributed by atoms with Gasteiger partial charge in [-0.2, -0.15) is 5.10 Å². The third kappa shape index (κ3) is 3.62. The predicted octanol–water partition coefficient (Wildman–Crippen LogP) is 4.12. The summed E-state index contributed by atoms with van der Waals surface area (Å²) in [6, 6.07) is 13.5. The smallest absolute Gasteiger partial charge is 0.198 e. The molecule has 0 aliphatic rings. The van der Waals surface area contributed by atoms with E-state index in [0.29, 0.717) is 22.0 Å². The van der Waals surface area contributed by atoms with Gasteiger partial charge in [-0.1, -0.05) is 30.3 Å². The maximum absolute atomic E-state index is 5.41. The van der Waals surface area contributed by atoms with Crippen LogP contribution in [0.2, 0.25) is 0 Å². The molecule has 1 heterocycles. The van der Waals surface area contributed by atoms with E-state index in [1.54, 1.807) is 44.4 Å². The molecule has 134 valence electrons. The number of hydrogen-bond acceptors (Lipinski definition) is 5. The van der Waals surface area contributed by atoms with Gasteiger partial charge < -0.3 is 19.2 Å². The van der Waals surface area contributed by atoms with Crippen molar-refractivity contribution in [3.63, 3.8) is 0 Å². The molecule has 3 aromatic rings. The number of aromatic amines is 1. The van der Waals surface area contributed by atoms with Crippen molar-refractivity contribution in [3.8, 4) is 28.5 Å². The van der Waals surface area contributed by atoms with Gasteiger partial charge in [0.2, 0.25) is 0 Å². The molecule has 3 rings (SSSR count). The number of ether oxygens (including phenoxy) is 3. The Hall–Kier alpha value is -3.06. The van der Waals surface area contributed by atoms with Crippen LogP contribution in [0.5, 0.6) is 17.2 Å². The summed E-state index contributed by atoms with van der Waals surface area (Å²) >= 11 is 5.36. The van der Waals surface area contributed by atoms with Crippen molar-refractivity contribution < 1.29 is 14.2 Å². The lowest BCUT2D eigenvalue weighted by molar-refractivity contribution is 0.349. The lowest BCUT2D eigenvalue weighted by Crippen LogP contribution is -1.97. The van der Waals surface area contributed by atoms with Gasteiger partial charge in [0.15, 0.2) is 16.3 Å². The molecule has 0 aliphatic heterocycles. The fourth-order valence-corrected chi connectivity index (χ4v) is 2.72. The average Bonchev–Trinajstić information content (AvgIpc) is 3.07. The van der Waals surface area contributed by atoms with Crippen LogP contribution < -0.4 is 14.2 Å². The van der Waals surface area contributed by atoms with Crippen molar-refractivity contribution in [2.75, 3.05) is 21.3 Å². The van der Waals surface area contributed by atoms with Gasteiger partial charge in [0.1, 0.15) is 5.75 Å². The minimum atomic E-state index is 0.500. The normalized spacial score (nSPS) is 10.9. The maximum Gasteiger partial charge on any atom is 0.198 e. The number of aromatic nitrogens is 2. The van der Waals surface area contributed by atoms with Crippen molar-refractivity contribution in [3.05, 3.63) is 59.0 Å². The van der Waals surface area contributed by atoms with Crippen LogP contribution in [0.15, 0.2) is 53.8 Å². The summed E-state index contributed by atoms with van der Waals surface area (Å²) in [7, 11) is 4.75. The van der Waals surface area contributed by atoms with E-state index in [9.17, 15) is 0 Å². The number of methoxy groups -OCH3 is 3. The van der Waals surface area contributed by atoms with E-state index in [1.165, 1.54) is 0 Å². The highest BCUT2D eigenvalue weighted by Crippen LogP contribution is 2.33. The number of nitrogens with one attached hydrogen (secondary N) is 1. The fourth-order valence-electron chi connectivity index (χ4n) is 2.51. The molecule has 2 aromatic carbocycles. The number of H-pyrrole nitrogens is 1. The van der Waals surface area contributed by atoms with Crippen LogP contribution in [0.3, 0.4) is 0 Å². The van der Waals surface area contributed by atoms with E-state index in [2.05, 4.69) is 10.1 Å². The lowest BCUT2D eigenvalue weighted by Gasteiger charge is -2.11. The van der Waals surface area contributed by atoms with E-state index in [-0.39, 0.29) is 0 Å². The van der Waals surface area contributed by atoms with Crippen molar-refractivity contribution in [2.45, 2.75) is 0 Å². The summed E-state index contributed by atoms with van der Waals surface area (Å²) in [6.07, 6.45) is 3.51. The molecule has 0 unspecified atom stereocenters. The van der Waals surface area contributed by atoms with Gasteiger partial charge in [0.25, 0.3) is 0 Å². The number of nitrogens with zero attached hydrogens (tertiary/aromatic N) is 2. The number of benzene rings is 2. The average molecular weight is 369 g/mol. The first-order valence-electron chi connectivity index (χ1n) is 7.87. The highest BCUT2D eigenvalue weighted by Gasteiger charge is 2.10. The van der Waals surface area contributed by atoms with Gasteiger partial charge in [0.05, 0.1) is 39.4 Å². The summed E-state index contributed by atoms with van der Waals surface area (Å²) in [5, 5.41) is 4.44. The highest BCUT2D eigenvalue weighted by atomic mass is 32.1. The molecule has 0 spiro atoms. The molecule has 0 fully saturated rings. The molecule has 0 amide bonds. The Labute approximate surface area is 156 Å². The topological polar surface area (TPSA) is 60.8 Å².